The van der Waals surface area contributed by atoms with Crippen LogP contribution in [0.2, 0.25) is 0 Å². The number of H-pyrrole nitrogens is 1. The van der Waals surface area contributed by atoms with Crippen molar-refractivity contribution in [3.8, 4) is 0 Å². The Morgan fingerprint density at radius 2 is 1.96 bits per heavy atom. The number of nitrogens with one attached hydrogen (secondary N) is 2. The summed E-state index contributed by atoms with van der Waals surface area (Å²) in [5, 5.41) is 2.92. The van der Waals surface area contributed by atoms with Gasteiger partial charge in [0, 0.05) is 20.0 Å². The molecule has 144 valence electrons. The molecule has 2 atom stereocenters. The summed E-state index contributed by atoms with van der Waals surface area (Å²) in [5.74, 6) is 0.447. The molecule has 28 heavy (non-hydrogen) atoms. The lowest BCUT2D eigenvalue weighted by molar-refractivity contribution is -0.162. The van der Waals surface area contributed by atoms with E-state index < -0.39 is 12.1 Å². The summed E-state index contributed by atoms with van der Waals surface area (Å²) < 4.78 is 5.61. The molecule has 7 nitrogen and oxygen atoms in total. The molecule has 2 N–H and O–H groups in total. The van der Waals surface area contributed by atoms with E-state index in [1.54, 1.807) is 11.9 Å². The molecule has 0 unspecified atom stereocenters. The van der Waals surface area contributed by atoms with E-state index in [1.807, 2.05) is 54.6 Å². The number of morpholine rings is 1. The zero-order valence-corrected chi connectivity index (χ0v) is 15.6. The van der Waals surface area contributed by atoms with Crippen molar-refractivity contribution in [3.63, 3.8) is 0 Å². The maximum atomic E-state index is 12.8. The van der Waals surface area contributed by atoms with Crippen LogP contribution in [0, 0.1) is 0 Å². The summed E-state index contributed by atoms with van der Waals surface area (Å²) in [6.07, 6.45) is -0.168. The van der Waals surface area contributed by atoms with Crippen molar-refractivity contribution in [1.82, 2.24) is 20.2 Å². The second kappa shape index (κ2) is 7.82. The lowest BCUT2D eigenvalue weighted by Gasteiger charge is -2.38. The summed E-state index contributed by atoms with van der Waals surface area (Å²) in [5.41, 5.74) is 2.75. The highest BCUT2D eigenvalue weighted by atomic mass is 16.5. The zero-order chi connectivity index (χ0) is 19.5. The number of likely N-dealkylation sites (N-methyl/N-ethyl adjacent to an activating group) is 1. The summed E-state index contributed by atoms with van der Waals surface area (Å²) in [4.78, 5) is 34.2. The van der Waals surface area contributed by atoms with Crippen LogP contribution in [-0.4, -0.2) is 53.0 Å². The molecule has 7 heteroatoms. The number of carbonyl (C=O) groups is 2. The first-order valence-electron chi connectivity index (χ1n) is 9.27. The number of ether oxygens (including phenoxy) is 1. The molecule has 1 aromatic heterocycles. The molecule has 0 bridgehead atoms. The maximum absolute atomic E-state index is 12.8. The molecule has 1 fully saturated rings. The number of aromatic amines is 1. The minimum absolute atomic E-state index is 0.0957. The van der Waals surface area contributed by atoms with Gasteiger partial charge < -0.3 is 19.9 Å². The molecule has 1 aliphatic heterocycles. The van der Waals surface area contributed by atoms with Crippen LogP contribution < -0.4 is 5.32 Å². The Labute approximate surface area is 162 Å². The molecule has 0 saturated carbocycles. The monoisotopic (exact) mass is 378 g/mol. The molecule has 1 saturated heterocycles. The minimum atomic E-state index is -0.749. The van der Waals surface area contributed by atoms with Gasteiger partial charge in [-0.25, -0.2) is 4.98 Å². The van der Waals surface area contributed by atoms with Gasteiger partial charge in [-0.15, -0.1) is 0 Å². The number of rotatable bonds is 5. The molecule has 0 radical (unpaired) electrons. The van der Waals surface area contributed by atoms with Gasteiger partial charge in [0.25, 0.3) is 5.91 Å². The van der Waals surface area contributed by atoms with Crippen LogP contribution in [0.15, 0.2) is 54.6 Å². The molecule has 0 spiro atoms. The number of carbonyl (C=O) groups excluding carboxylic acids is 2. The molecule has 3 aromatic rings. The molecule has 2 amide bonds. The van der Waals surface area contributed by atoms with E-state index in [-0.39, 0.29) is 18.4 Å². The normalized spacial score (nSPS) is 19.8. The minimum Gasteiger partial charge on any atom is -0.356 e. The Balaban J connectivity index is 1.42. The van der Waals surface area contributed by atoms with Crippen LogP contribution in [0.4, 0.5) is 0 Å². The van der Waals surface area contributed by atoms with Crippen LogP contribution in [-0.2, 0) is 20.7 Å². The number of benzene rings is 2. The first kappa shape index (κ1) is 18.2. The van der Waals surface area contributed by atoms with Gasteiger partial charge in [-0.2, -0.15) is 0 Å². The number of para-hydroxylation sites is 2. The van der Waals surface area contributed by atoms with Crippen LogP contribution in [0.25, 0.3) is 11.0 Å². The van der Waals surface area contributed by atoms with Gasteiger partial charge in [-0.1, -0.05) is 42.5 Å². The molecule has 4 rings (SSSR count). The summed E-state index contributed by atoms with van der Waals surface area (Å²) in [6.45, 7) is 0.333. The third kappa shape index (κ3) is 3.61. The van der Waals surface area contributed by atoms with Crippen molar-refractivity contribution >= 4 is 22.8 Å². The average Bonchev–Trinajstić information content (AvgIpc) is 3.13. The van der Waals surface area contributed by atoms with Crippen LogP contribution in [0.1, 0.15) is 17.4 Å². The SMILES string of the molecule is CN1C(=O)CO[C@@H](C(=O)NCCc2nc3ccccc3[nH]2)[C@@H]1c1ccccc1. The van der Waals surface area contributed by atoms with Crippen LogP contribution in [0.5, 0.6) is 0 Å². The van der Waals surface area contributed by atoms with Crippen molar-refractivity contribution in [2.24, 2.45) is 0 Å². The summed E-state index contributed by atoms with van der Waals surface area (Å²) in [6, 6.07) is 16.8. The van der Waals surface area contributed by atoms with E-state index in [2.05, 4.69) is 15.3 Å². The number of hydrogen-bond acceptors (Lipinski definition) is 4. The van der Waals surface area contributed by atoms with E-state index in [4.69, 9.17) is 4.74 Å². The number of imidazole rings is 1. The smallest absolute Gasteiger partial charge is 0.251 e. The standard InChI is InChI=1S/C21H22N4O3/c1-25-18(26)13-28-20(19(25)14-7-3-2-4-8-14)21(27)22-12-11-17-23-15-9-5-6-10-16(15)24-17/h2-10,19-20H,11-13H2,1H3,(H,22,27)(H,23,24)/t19-,20+/m0/s1. The Bertz CT molecular complexity index is 952. The number of nitrogens with zero attached hydrogens (tertiary/aromatic N) is 2. The van der Waals surface area contributed by atoms with E-state index in [0.29, 0.717) is 13.0 Å². The highest BCUT2D eigenvalue weighted by Crippen LogP contribution is 2.29. The third-order valence-corrected chi connectivity index (χ3v) is 4.98. The fourth-order valence-corrected chi connectivity index (χ4v) is 3.51. The van der Waals surface area contributed by atoms with Crippen molar-refractivity contribution in [2.75, 3.05) is 20.2 Å². The van der Waals surface area contributed by atoms with Gasteiger partial charge in [0.2, 0.25) is 5.91 Å². The fourth-order valence-electron chi connectivity index (χ4n) is 3.51. The molecule has 2 heterocycles. The van der Waals surface area contributed by atoms with Crippen molar-refractivity contribution in [1.29, 1.82) is 0 Å². The number of aromatic nitrogens is 2. The fraction of sp³-hybridized carbons (Fsp3) is 0.286. The second-order valence-corrected chi connectivity index (χ2v) is 6.83. The van der Waals surface area contributed by atoms with Gasteiger partial charge >= 0.3 is 0 Å². The predicted molar refractivity (Wildman–Crippen MR) is 105 cm³/mol. The molecule has 0 aliphatic carbocycles. The first-order chi connectivity index (χ1) is 13.6. The first-order valence-corrected chi connectivity index (χ1v) is 9.27. The molecule has 1 aliphatic rings. The molecular formula is C21H22N4O3. The number of hydrogen-bond donors (Lipinski definition) is 2. The number of fused-ring (bicyclic) bond motifs is 1. The third-order valence-electron chi connectivity index (χ3n) is 4.98. The Morgan fingerprint density at radius 3 is 2.75 bits per heavy atom. The van der Waals surface area contributed by atoms with Gasteiger partial charge in [-0.3, -0.25) is 9.59 Å². The maximum Gasteiger partial charge on any atom is 0.251 e. The molecular weight excluding hydrogens is 356 g/mol. The Hall–Kier alpha value is -3.19. The van der Waals surface area contributed by atoms with Gasteiger partial charge in [0.15, 0.2) is 6.10 Å². The van der Waals surface area contributed by atoms with Gasteiger partial charge in [0.1, 0.15) is 12.4 Å². The topological polar surface area (TPSA) is 87.3 Å². The zero-order valence-electron chi connectivity index (χ0n) is 15.6. The van der Waals surface area contributed by atoms with Crippen LogP contribution in [0.3, 0.4) is 0 Å². The predicted octanol–water partition coefficient (Wildman–Crippen LogP) is 1.82. The number of amides is 2. The lowest BCUT2D eigenvalue weighted by atomic mass is 9.97. The van der Waals surface area contributed by atoms with Crippen molar-refractivity contribution < 1.29 is 14.3 Å². The van der Waals surface area contributed by atoms with E-state index in [9.17, 15) is 9.59 Å². The van der Waals surface area contributed by atoms with Crippen molar-refractivity contribution in [2.45, 2.75) is 18.6 Å². The van der Waals surface area contributed by atoms with Gasteiger partial charge in [-0.05, 0) is 17.7 Å². The van der Waals surface area contributed by atoms with Crippen LogP contribution >= 0.6 is 0 Å². The largest absolute Gasteiger partial charge is 0.356 e. The average molecular weight is 378 g/mol. The van der Waals surface area contributed by atoms with E-state index in [0.717, 1.165) is 22.4 Å². The quantitative estimate of drug-likeness (QED) is 0.709. The Morgan fingerprint density at radius 1 is 1.21 bits per heavy atom. The highest BCUT2D eigenvalue weighted by molar-refractivity contribution is 5.86. The summed E-state index contributed by atoms with van der Waals surface area (Å²) >= 11 is 0. The highest BCUT2D eigenvalue weighted by Gasteiger charge is 2.39. The second-order valence-electron chi connectivity index (χ2n) is 6.83. The van der Waals surface area contributed by atoms with E-state index >= 15 is 0 Å². The molecule has 2 aromatic carbocycles. The van der Waals surface area contributed by atoms with Crippen molar-refractivity contribution in [3.05, 3.63) is 66.0 Å². The lowest BCUT2D eigenvalue weighted by Crippen LogP contribution is -2.53. The van der Waals surface area contributed by atoms with E-state index in [1.165, 1.54) is 0 Å². The Kier molecular flexibility index (Phi) is 5.08. The summed E-state index contributed by atoms with van der Waals surface area (Å²) in [7, 11) is 1.71. The van der Waals surface area contributed by atoms with Gasteiger partial charge in [0.05, 0.1) is 17.1 Å².